The van der Waals surface area contributed by atoms with Crippen molar-refractivity contribution in [2.45, 2.75) is 38.1 Å². The molecule has 1 unspecified atom stereocenters. The zero-order chi connectivity index (χ0) is 21.0. The first-order valence-electron chi connectivity index (χ1n) is 9.98. The Balaban J connectivity index is 1.61. The van der Waals surface area contributed by atoms with Crippen LogP contribution < -0.4 is 5.32 Å². The highest BCUT2D eigenvalue weighted by molar-refractivity contribution is 7.91. The van der Waals surface area contributed by atoms with E-state index in [2.05, 4.69) is 10.4 Å². The molecule has 0 bridgehead atoms. The van der Waals surface area contributed by atoms with Crippen LogP contribution in [-0.4, -0.2) is 40.6 Å². The van der Waals surface area contributed by atoms with Gasteiger partial charge in [-0.15, -0.1) is 0 Å². The van der Waals surface area contributed by atoms with Gasteiger partial charge in [0, 0.05) is 22.3 Å². The van der Waals surface area contributed by atoms with Crippen LogP contribution in [0.5, 0.6) is 0 Å². The number of hydrogen-bond donors (Lipinski definition) is 1. The SMILES string of the molecule is Cc1nn(C2CCS(=O)(=O)C2)c2nc(C3CC3)cc(C(=O)Nc3cccc(Cl)c3)c12. The summed E-state index contributed by atoms with van der Waals surface area (Å²) in [5.74, 6) is 0.293. The van der Waals surface area contributed by atoms with E-state index in [1.165, 1.54) is 0 Å². The first-order valence-corrected chi connectivity index (χ1v) is 12.2. The quantitative estimate of drug-likeness (QED) is 0.658. The van der Waals surface area contributed by atoms with E-state index < -0.39 is 9.84 Å². The third-order valence-electron chi connectivity index (χ3n) is 5.73. The summed E-state index contributed by atoms with van der Waals surface area (Å²) in [7, 11) is -3.07. The average molecular weight is 445 g/mol. The topological polar surface area (TPSA) is 93.9 Å². The minimum absolute atomic E-state index is 0.0581. The van der Waals surface area contributed by atoms with Crippen molar-refractivity contribution in [3.63, 3.8) is 0 Å². The van der Waals surface area contributed by atoms with Gasteiger partial charge in [0.25, 0.3) is 5.91 Å². The molecule has 9 heteroatoms. The second-order valence-electron chi connectivity index (χ2n) is 8.12. The molecule has 5 rings (SSSR count). The zero-order valence-corrected chi connectivity index (χ0v) is 18.0. The van der Waals surface area contributed by atoms with Crippen molar-refractivity contribution < 1.29 is 13.2 Å². The van der Waals surface area contributed by atoms with E-state index >= 15 is 0 Å². The molecule has 2 aliphatic rings. The molecule has 30 heavy (non-hydrogen) atoms. The Kier molecular flexibility index (Phi) is 4.59. The molecule has 156 valence electrons. The predicted octanol–water partition coefficient (Wildman–Crippen LogP) is 3.88. The summed E-state index contributed by atoms with van der Waals surface area (Å²) in [6.45, 7) is 1.83. The molecule has 1 saturated carbocycles. The molecular formula is C21H21ClN4O3S. The van der Waals surface area contributed by atoms with Crippen LogP contribution in [-0.2, 0) is 9.84 Å². The molecular weight excluding hydrogens is 424 g/mol. The summed E-state index contributed by atoms with van der Waals surface area (Å²) < 4.78 is 25.7. The lowest BCUT2D eigenvalue weighted by molar-refractivity contribution is 0.102. The highest BCUT2D eigenvalue weighted by Crippen LogP contribution is 2.41. The second kappa shape index (κ2) is 7.06. The van der Waals surface area contributed by atoms with E-state index in [9.17, 15) is 13.2 Å². The lowest BCUT2D eigenvalue weighted by atomic mass is 10.1. The molecule has 0 radical (unpaired) electrons. The number of benzene rings is 1. The fraction of sp³-hybridized carbons (Fsp3) is 0.381. The van der Waals surface area contributed by atoms with Crippen molar-refractivity contribution in [1.29, 1.82) is 0 Å². The van der Waals surface area contributed by atoms with Gasteiger partial charge in [0.1, 0.15) is 0 Å². The minimum Gasteiger partial charge on any atom is -0.322 e. The van der Waals surface area contributed by atoms with Crippen LogP contribution >= 0.6 is 11.6 Å². The lowest BCUT2D eigenvalue weighted by Gasteiger charge is -2.12. The Morgan fingerprint density at radius 1 is 1.23 bits per heavy atom. The number of carbonyl (C=O) groups excluding carboxylic acids is 1. The van der Waals surface area contributed by atoms with Crippen LogP contribution in [0.15, 0.2) is 30.3 Å². The number of halogens is 1. The van der Waals surface area contributed by atoms with Crippen LogP contribution in [0.4, 0.5) is 5.69 Å². The summed E-state index contributed by atoms with van der Waals surface area (Å²) >= 11 is 6.04. The molecule has 2 fully saturated rings. The molecule has 0 spiro atoms. The first-order chi connectivity index (χ1) is 14.3. The number of hydrogen-bond acceptors (Lipinski definition) is 5. The number of sulfone groups is 1. The average Bonchev–Trinajstić information content (AvgIpc) is 3.41. The van der Waals surface area contributed by atoms with E-state index in [0.29, 0.717) is 45.3 Å². The maximum Gasteiger partial charge on any atom is 0.256 e. The number of fused-ring (bicyclic) bond motifs is 1. The summed E-state index contributed by atoms with van der Waals surface area (Å²) in [5.41, 5.74) is 3.24. The number of carbonyl (C=O) groups is 1. The number of nitrogens with one attached hydrogen (secondary N) is 1. The third-order valence-corrected chi connectivity index (χ3v) is 7.72. The zero-order valence-electron chi connectivity index (χ0n) is 16.4. The second-order valence-corrected chi connectivity index (χ2v) is 10.8. The molecule has 3 aromatic rings. The van der Waals surface area contributed by atoms with Gasteiger partial charge in [-0.3, -0.25) is 4.79 Å². The largest absolute Gasteiger partial charge is 0.322 e. The van der Waals surface area contributed by atoms with E-state index in [1.54, 1.807) is 28.9 Å². The molecule has 1 aliphatic carbocycles. The normalized spacial score (nSPS) is 20.5. The molecule has 1 atom stereocenters. The van der Waals surface area contributed by atoms with Crippen LogP contribution in [0, 0.1) is 6.92 Å². The van der Waals surface area contributed by atoms with Gasteiger partial charge in [-0.05, 0) is 50.5 Å². The van der Waals surface area contributed by atoms with Gasteiger partial charge in [-0.2, -0.15) is 5.10 Å². The van der Waals surface area contributed by atoms with Crippen LogP contribution in [0.2, 0.25) is 5.02 Å². The lowest BCUT2D eigenvalue weighted by Crippen LogP contribution is -2.15. The summed E-state index contributed by atoms with van der Waals surface area (Å²) in [6, 6.07) is 8.60. The van der Waals surface area contributed by atoms with Crippen LogP contribution in [0.3, 0.4) is 0 Å². The van der Waals surface area contributed by atoms with Gasteiger partial charge in [0.05, 0.1) is 34.2 Å². The number of aryl methyl sites for hydroxylation is 1. The molecule has 1 aliphatic heterocycles. The van der Waals surface area contributed by atoms with Gasteiger partial charge in [0.2, 0.25) is 0 Å². The Hall–Kier alpha value is -2.45. The van der Waals surface area contributed by atoms with Gasteiger partial charge in [-0.25, -0.2) is 18.1 Å². The summed E-state index contributed by atoms with van der Waals surface area (Å²) in [4.78, 5) is 18.0. The number of amides is 1. The molecule has 2 aromatic heterocycles. The molecule has 7 nitrogen and oxygen atoms in total. The number of aromatic nitrogens is 3. The Bertz CT molecular complexity index is 1280. The van der Waals surface area contributed by atoms with E-state index in [4.69, 9.17) is 16.6 Å². The molecule has 1 aromatic carbocycles. The number of rotatable bonds is 4. The van der Waals surface area contributed by atoms with Gasteiger partial charge in [-0.1, -0.05) is 17.7 Å². The Morgan fingerprint density at radius 3 is 2.70 bits per heavy atom. The summed E-state index contributed by atoms with van der Waals surface area (Å²) in [6.07, 6.45) is 2.59. The van der Waals surface area contributed by atoms with E-state index in [1.807, 2.05) is 13.0 Å². The summed E-state index contributed by atoms with van der Waals surface area (Å²) in [5, 5.41) is 8.73. The fourth-order valence-corrected chi connectivity index (χ4v) is 5.97. The first kappa shape index (κ1) is 19.5. The Morgan fingerprint density at radius 2 is 2.03 bits per heavy atom. The Labute approximate surface area is 179 Å². The maximum absolute atomic E-state index is 13.2. The van der Waals surface area contributed by atoms with Crippen LogP contribution in [0.1, 0.15) is 53.0 Å². The van der Waals surface area contributed by atoms with Gasteiger partial charge >= 0.3 is 0 Å². The van der Waals surface area contributed by atoms with Crippen molar-refractivity contribution in [2.24, 2.45) is 0 Å². The molecule has 1 saturated heterocycles. The standard InChI is InChI=1S/C21H21ClN4O3S/c1-12-19-17(21(27)23-15-4-2-3-14(22)9-15)10-18(13-5-6-13)24-20(19)26(25-12)16-7-8-30(28,29)11-16/h2-4,9-10,13,16H,5-8,11H2,1H3,(H,23,27). The van der Waals surface area contributed by atoms with Crippen molar-refractivity contribution in [2.75, 3.05) is 16.8 Å². The van der Waals surface area contributed by atoms with Crippen molar-refractivity contribution >= 4 is 44.1 Å². The monoisotopic (exact) mass is 444 g/mol. The van der Waals surface area contributed by atoms with E-state index in [-0.39, 0.29) is 23.5 Å². The third kappa shape index (κ3) is 3.58. The van der Waals surface area contributed by atoms with Crippen LogP contribution in [0.25, 0.3) is 11.0 Å². The van der Waals surface area contributed by atoms with Gasteiger partial charge in [0.15, 0.2) is 15.5 Å². The number of pyridine rings is 1. The maximum atomic E-state index is 13.2. The number of anilines is 1. The highest BCUT2D eigenvalue weighted by Gasteiger charge is 2.34. The predicted molar refractivity (Wildman–Crippen MR) is 116 cm³/mol. The molecule has 3 heterocycles. The smallest absolute Gasteiger partial charge is 0.256 e. The van der Waals surface area contributed by atoms with Crippen molar-refractivity contribution in [3.05, 3.63) is 52.3 Å². The minimum atomic E-state index is -3.07. The highest BCUT2D eigenvalue weighted by atomic mass is 35.5. The van der Waals surface area contributed by atoms with E-state index in [0.717, 1.165) is 18.5 Å². The van der Waals surface area contributed by atoms with Gasteiger partial charge < -0.3 is 5.32 Å². The van der Waals surface area contributed by atoms with Crippen molar-refractivity contribution in [3.8, 4) is 0 Å². The molecule has 1 N–H and O–H groups in total. The fourth-order valence-electron chi connectivity index (χ4n) is 4.09. The van der Waals surface area contributed by atoms with Crippen molar-refractivity contribution in [1.82, 2.24) is 14.8 Å². The molecule has 1 amide bonds. The number of nitrogens with zero attached hydrogens (tertiary/aromatic N) is 3.